The SMILES string of the molecule is CCCCCCCC1=c2ccccc2=CS1=O. The van der Waals surface area contributed by atoms with Gasteiger partial charge < -0.3 is 0 Å². The molecule has 2 rings (SSSR count). The van der Waals surface area contributed by atoms with Gasteiger partial charge in [-0.2, -0.15) is 0 Å². The van der Waals surface area contributed by atoms with Crippen molar-refractivity contribution in [1.29, 1.82) is 0 Å². The Bertz CT molecular complexity index is 516. The smallest absolute Gasteiger partial charge is 0.0747 e. The van der Waals surface area contributed by atoms with Crippen LogP contribution in [0, 0.1) is 0 Å². The van der Waals surface area contributed by atoms with Crippen molar-refractivity contribution in [3.05, 3.63) is 34.7 Å². The molecule has 0 amide bonds. The maximum Gasteiger partial charge on any atom is 0.0747 e. The van der Waals surface area contributed by atoms with Gasteiger partial charge in [-0.25, -0.2) is 4.21 Å². The highest BCUT2D eigenvalue weighted by molar-refractivity contribution is 8.01. The number of fused-ring (bicyclic) bond motifs is 1. The van der Waals surface area contributed by atoms with E-state index in [0.29, 0.717) is 0 Å². The van der Waals surface area contributed by atoms with Crippen LogP contribution in [0.5, 0.6) is 0 Å². The summed E-state index contributed by atoms with van der Waals surface area (Å²) in [6.07, 6.45) is 7.33. The lowest BCUT2D eigenvalue weighted by molar-refractivity contribution is 0.640. The van der Waals surface area contributed by atoms with Crippen LogP contribution in [0.15, 0.2) is 24.3 Å². The fourth-order valence-corrected chi connectivity index (χ4v) is 3.60. The van der Waals surface area contributed by atoms with E-state index in [9.17, 15) is 4.21 Å². The van der Waals surface area contributed by atoms with E-state index in [4.69, 9.17) is 0 Å². The Balaban J connectivity index is 2.02. The summed E-state index contributed by atoms with van der Waals surface area (Å²) in [4.78, 5) is 1.14. The molecule has 2 heteroatoms. The second-order valence-corrected chi connectivity index (χ2v) is 5.91. The summed E-state index contributed by atoms with van der Waals surface area (Å²) in [7, 11) is -0.873. The molecule has 0 aliphatic carbocycles. The Morgan fingerprint density at radius 1 is 1.06 bits per heavy atom. The molecule has 0 saturated carbocycles. The van der Waals surface area contributed by atoms with Gasteiger partial charge in [0.1, 0.15) is 0 Å². The molecular weight excluding hydrogens is 228 g/mol. The molecule has 17 heavy (non-hydrogen) atoms. The quantitative estimate of drug-likeness (QED) is 0.707. The Kier molecular flexibility index (Phi) is 4.55. The first-order valence-electron chi connectivity index (χ1n) is 6.53. The lowest BCUT2D eigenvalue weighted by Crippen LogP contribution is -2.21. The third-order valence-corrected chi connectivity index (χ3v) is 4.62. The second-order valence-electron chi connectivity index (χ2n) is 4.59. The van der Waals surface area contributed by atoms with Gasteiger partial charge in [-0.1, -0.05) is 56.9 Å². The van der Waals surface area contributed by atoms with Crippen LogP contribution in [0.4, 0.5) is 0 Å². The fraction of sp³-hybridized carbons (Fsp3) is 0.467. The van der Waals surface area contributed by atoms with Crippen molar-refractivity contribution in [3.8, 4) is 0 Å². The van der Waals surface area contributed by atoms with Gasteiger partial charge in [0.2, 0.25) is 0 Å². The Hall–Kier alpha value is -0.890. The Morgan fingerprint density at radius 2 is 1.82 bits per heavy atom. The molecule has 1 aliphatic heterocycles. The zero-order valence-electron chi connectivity index (χ0n) is 10.4. The molecule has 1 heterocycles. The molecule has 1 nitrogen and oxygen atoms in total. The molecule has 1 aromatic rings. The highest BCUT2D eigenvalue weighted by Crippen LogP contribution is 2.16. The van der Waals surface area contributed by atoms with Gasteiger partial charge in [-0.15, -0.1) is 0 Å². The average molecular weight is 248 g/mol. The number of rotatable bonds is 6. The first kappa shape index (κ1) is 12.6. The van der Waals surface area contributed by atoms with Crippen LogP contribution in [-0.4, -0.2) is 4.21 Å². The van der Waals surface area contributed by atoms with Crippen LogP contribution in [0.1, 0.15) is 45.4 Å². The largest absolute Gasteiger partial charge is 0.250 e. The first-order valence-corrected chi connectivity index (χ1v) is 7.75. The van der Waals surface area contributed by atoms with E-state index in [1.165, 1.54) is 37.3 Å². The molecule has 0 bridgehead atoms. The highest BCUT2D eigenvalue weighted by atomic mass is 32.2. The lowest BCUT2D eigenvalue weighted by Gasteiger charge is -2.01. The number of hydrogen-bond donors (Lipinski definition) is 0. The van der Waals surface area contributed by atoms with Crippen molar-refractivity contribution in [2.75, 3.05) is 0 Å². The Labute approximate surface area is 106 Å². The molecule has 1 aliphatic rings. The average Bonchev–Trinajstić information content (AvgIpc) is 2.65. The van der Waals surface area contributed by atoms with Crippen LogP contribution in [0.3, 0.4) is 0 Å². The van der Waals surface area contributed by atoms with Gasteiger partial charge in [-0.05, 0) is 23.3 Å². The summed E-state index contributed by atoms with van der Waals surface area (Å²) in [6.45, 7) is 2.23. The molecular formula is C15H20OS. The molecule has 92 valence electrons. The third-order valence-electron chi connectivity index (χ3n) is 3.25. The van der Waals surface area contributed by atoms with Gasteiger partial charge >= 0.3 is 0 Å². The van der Waals surface area contributed by atoms with E-state index in [-0.39, 0.29) is 0 Å². The topological polar surface area (TPSA) is 17.1 Å². The number of hydrogen-bond acceptors (Lipinski definition) is 1. The van der Waals surface area contributed by atoms with E-state index in [2.05, 4.69) is 19.1 Å². The van der Waals surface area contributed by atoms with Crippen molar-refractivity contribution in [3.63, 3.8) is 0 Å². The predicted molar refractivity (Wildman–Crippen MR) is 75.1 cm³/mol. The van der Waals surface area contributed by atoms with Gasteiger partial charge in [0.15, 0.2) is 0 Å². The van der Waals surface area contributed by atoms with Crippen molar-refractivity contribution >= 4 is 21.1 Å². The van der Waals surface area contributed by atoms with Crippen LogP contribution in [0.25, 0.3) is 10.3 Å². The van der Waals surface area contributed by atoms with Crippen LogP contribution in [-0.2, 0) is 10.8 Å². The van der Waals surface area contributed by atoms with E-state index in [0.717, 1.165) is 16.5 Å². The minimum absolute atomic E-state index is 0.873. The molecule has 0 radical (unpaired) electrons. The van der Waals surface area contributed by atoms with Gasteiger partial charge in [0, 0.05) is 10.3 Å². The number of unbranched alkanes of at least 4 members (excludes halogenated alkanes) is 4. The van der Waals surface area contributed by atoms with Crippen LogP contribution >= 0.6 is 0 Å². The van der Waals surface area contributed by atoms with E-state index >= 15 is 0 Å². The third kappa shape index (κ3) is 3.06. The summed E-state index contributed by atoms with van der Waals surface area (Å²) in [5.41, 5.74) is 0. The summed E-state index contributed by atoms with van der Waals surface area (Å²) >= 11 is 0. The monoisotopic (exact) mass is 248 g/mol. The zero-order chi connectivity index (χ0) is 12.1. The Morgan fingerprint density at radius 3 is 2.65 bits per heavy atom. The molecule has 0 aromatic heterocycles. The molecule has 1 aromatic carbocycles. The first-order chi connectivity index (χ1) is 8.33. The van der Waals surface area contributed by atoms with Crippen molar-refractivity contribution in [2.45, 2.75) is 45.4 Å². The van der Waals surface area contributed by atoms with Gasteiger partial charge in [0.05, 0.1) is 10.8 Å². The van der Waals surface area contributed by atoms with Crippen molar-refractivity contribution in [1.82, 2.24) is 0 Å². The summed E-state index contributed by atoms with van der Waals surface area (Å²) in [5, 5.41) is 4.24. The normalized spacial score (nSPS) is 17.9. The molecule has 1 atom stereocenters. The van der Waals surface area contributed by atoms with E-state index in [1.54, 1.807) is 0 Å². The standard InChI is InChI=1S/C15H20OS/c1-2-3-4-5-6-11-15-14-10-8-7-9-13(14)12-17(15)16/h7-10,12H,2-6,11H2,1H3. The lowest BCUT2D eigenvalue weighted by atomic mass is 10.1. The molecule has 0 N–H and O–H groups in total. The van der Waals surface area contributed by atoms with Gasteiger partial charge in [-0.3, -0.25) is 0 Å². The maximum atomic E-state index is 12.0. The summed E-state index contributed by atoms with van der Waals surface area (Å²) in [6, 6.07) is 8.19. The highest BCUT2D eigenvalue weighted by Gasteiger charge is 2.11. The molecule has 0 saturated heterocycles. The summed E-state index contributed by atoms with van der Waals surface area (Å²) in [5.74, 6) is 0. The fourth-order valence-electron chi connectivity index (χ4n) is 2.27. The summed E-state index contributed by atoms with van der Waals surface area (Å²) < 4.78 is 12.0. The van der Waals surface area contributed by atoms with E-state index < -0.39 is 10.8 Å². The number of benzene rings is 1. The minimum Gasteiger partial charge on any atom is -0.250 e. The molecule has 0 spiro atoms. The zero-order valence-corrected chi connectivity index (χ0v) is 11.3. The van der Waals surface area contributed by atoms with Crippen molar-refractivity contribution in [2.24, 2.45) is 0 Å². The van der Waals surface area contributed by atoms with Gasteiger partial charge in [0.25, 0.3) is 0 Å². The molecule has 1 unspecified atom stereocenters. The predicted octanol–water partition coefficient (Wildman–Crippen LogP) is 2.66. The minimum atomic E-state index is -0.873. The van der Waals surface area contributed by atoms with Crippen LogP contribution < -0.4 is 10.4 Å². The van der Waals surface area contributed by atoms with Crippen molar-refractivity contribution < 1.29 is 4.21 Å². The maximum absolute atomic E-state index is 12.0. The second kappa shape index (κ2) is 6.15. The van der Waals surface area contributed by atoms with Crippen LogP contribution in [0.2, 0.25) is 0 Å². The molecule has 0 fully saturated rings. The van der Waals surface area contributed by atoms with E-state index in [1.807, 2.05) is 17.5 Å².